The molecule has 0 saturated carbocycles. The van der Waals surface area contributed by atoms with Gasteiger partial charge in [0.2, 0.25) is 0 Å². The average Bonchev–Trinajstić information content (AvgIpc) is 2.41. The zero-order chi connectivity index (χ0) is 13.8. The largest absolute Gasteiger partial charge is 0.382 e. The Balaban J connectivity index is 1.86. The third-order valence-corrected chi connectivity index (χ3v) is 3.92. The molecule has 0 bridgehead atoms. The van der Waals surface area contributed by atoms with E-state index in [1.165, 1.54) is 6.33 Å². The number of aromatic nitrogens is 2. The van der Waals surface area contributed by atoms with E-state index in [1.807, 2.05) is 0 Å². The number of nitrogens with one attached hydrogen (secondary N) is 1. The number of hydrogen-bond donors (Lipinski definition) is 2. The summed E-state index contributed by atoms with van der Waals surface area (Å²) in [4.78, 5) is 12.8. The molecule has 1 aromatic heterocycles. The van der Waals surface area contributed by atoms with Gasteiger partial charge < -0.3 is 16.0 Å². The van der Waals surface area contributed by atoms with E-state index >= 15 is 0 Å². The minimum Gasteiger partial charge on any atom is -0.382 e. The van der Waals surface area contributed by atoms with Crippen LogP contribution in [-0.4, -0.2) is 65.6 Å². The number of piperazine rings is 1. The fourth-order valence-electron chi connectivity index (χ4n) is 2.14. The molecular formula is C12H21ClN6. The van der Waals surface area contributed by atoms with Gasteiger partial charge in [-0.1, -0.05) is 11.6 Å². The number of nitrogens with zero attached hydrogens (tertiary/aromatic N) is 4. The topological polar surface area (TPSA) is 70.3 Å². The van der Waals surface area contributed by atoms with E-state index < -0.39 is 0 Å². The number of rotatable bonds is 4. The Labute approximate surface area is 118 Å². The highest BCUT2D eigenvalue weighted by Gasteiger charge is 2.19. The van der Waals surface area contributed by atoms with E-state index in [9.17, 15) is 0 Å². The predicted octanol–water partition coefficient (Wildman–Crippen LogP) is 0.760. The first-order chi connectivity index (χ1) is 9.08. The maximum atomic E-state index is 6.05. The molecule has 1 fully saturated rings. The zero-order valence-electron chi connectivity index (χ0n) is 11.4. The van der Waals surface area contributed by atoms with Gasteiger partial charge in [0.1, 0.15) is 17.2 Å². The lowest BCUT2D eigenvalue weighted by Crippen LogP contribution is -2.49. The van der Waals surface area contributed by atoms with Crippen LogP contribution in [0.5, 0.6) is 0 Å². The van der Waals surface area contributed by atoms with Crippen molar-refractivity contribution in [2.24, 2.45) is 0 Å². The molecule has 1 saturated heterocycles. The van der Waals surface area contributed by atoms with E-state index in [0.29, 0.717) is 22.7 Å². The molecule has 0 aromatic carbocycles. The van der Waals surface area contributed by atoms with Crippen LogP contribution in [0.1, 0.15) is 6.92 Å². The molecule has 7 heteroatoms. The fourth-order valence-corrected chi connectivity index (χ4v) is 2.31. The Morgan fingerprint density at radius 2 is 2.05 bits per heavy atom. The minimum atomic E-state index is 0.311. The van der Waals surface area contributed by atoms with E-state index in [0.717, 1.165) is 32.7 Å². The Morgan fingerprint density at radius 3 is 2.74 bits per heavy atom. The van der Waals surface area contributed by atoms with Crippen molar-refractivity contribution in [3.63, 3.8) is 0 Å². The molecule has 106 valence electrons. The molecule has 1 unspecified atom stereocenters. The molecule has 1 aliphatic heterocycles. The third-order valence-electron chi connectivity index (χ3n) is 3.54. The molecule has 2 heterocycles. The van der Waals surface area contributed by atoms with E-state index in [1.54, 1.807) is 0 Å². The zero-order valence-corrected chi connectivity index (χ0v) is 12.2. The van der Waals surface area contributed by atoms with Crippen molar-refractivity contribution in [1.82, 2.24) is 19.8 Å². The van der Waals surface area contributed by atoms with Crippen molar-refractivity contribution in [3.05, 3.63) is 11.3 Å². The second kappa shape index (κ2) is 6.36. The van der Waals surface area contributed by atoms with Gasteiger partial charge in [-0.25, -0.2) is 9.97 Å². The first-order valence-electron chi connectivity index (χ1n) is 6.50. The summed E-state index contributed by atoms with van der Waals surface area (Å²) in [5.74, 6) is 0.918. The molecule has 2 rings (SSSR count). The van der Waals surface area contributed by atoms with Crippen molar-refractivity contribution in [3.8, 4) is 0 Å². The molecule has 0 aliphatic carbocycles. The Kier molecular flexibility index (Phi) is 4.79. The van der Waals surface area contributed by atoms with Crippen molar-refractivity contribution >= 4 is 23.2 Å². The molecule has 0 spiro atoms. The van der Waals surface area contributed by atoms with Crippen molar-refractivity contribution < 1.29 is 0 Å². The number of anilines is 2. The molecule has 0 amide bonds. The lowest BCUT2D eigenvalue weighted by Gasteiger charge is -2.36. The molecule has 3 N–H and O–H groups in total. The van der Waals surface area contributed by atoms with Crippen LogP contribution in [0.4, 0.5) is 11.6 Å². The fraction of sp³-hybridized carbons (Fsp3) is 0.667. The summed E-state index contributed by atoms with van der Waals surface area (Å²) in [5.41, 5.74) is 5.65. The van der Waals surface area contributed by atoms with Crippen LogP contribution in [0.25, 0.3) is 0 Å². The van der Waals surface area contributed by atoms with Gasteiger partial charge in [-0.05, 0) is 14.0 Å². The molecular weight excluding hydrogens is 264 g/mol. The van der Waals surface area contributed by atoms with Crippen molar-refractivity contribution in [2.45, 2.75) is 13.0 Å². The third kappa shape index (κ3) is 3.68. The van der Waals surface area contributed by atoms with Crippen LogP contribution in [0.15, 0.2) is 6.33 Å². The van der Waals surface area contributed by atoms with Crippen LogP contribution < -0.4 is 11.1 Å². The van der Waals surface area contributed by atoms with Crippen LogP contribution in [-0.2, 0) is 0 Å². The van der Waals surface area contributed by atoms with Gasteiger partial charge >= 0.3 is 0 Å². The number of halogens is 1. The highest BCUT2D eigenvalue weighted by molar-refractivity contribution is 6.35. The maximum Gasteiger partial charge on any atom is 0.150 e. The Morgan fingerprint density at radius 1 is 1.37 bits per heavy atom. The van der Waals surface area contributed by atoms with Gasteiger partial charge in [-0.2, -0.15) is 0 Å². The lowest BCUT2D eigenvalue weighted by molar-refractivity contribution is 0.123. The number of nitrogen functional groups attached to an aromatic ring is 1. The monoisotopic (exact) mass is 284 g/mol. The van der Waals surface area contributed by atoms with E-state index in [-0.39, 0.29) is 0 Å². The van der Waals surface area contributed by atoms with Gasteiger partial charge in [-0.15, -0.1) is 0 Å². The Bertz CT molecular complexity index is 419. The first-order valence-corrected chi connectivity index (χ1v) is 6.88. The van der Waals surface area contributed by atoms with Gasteiger partial charge in [0.25, 0.3) is 0 Å². The molecule has 1 aliphatic rings. The van der Waals surface area contributed by atoms with Gasteiger partial charge in [-0.3, -0.25) is 4.90 Å². The first kappa shape index (κ1) is 14.3. The van der Waals surface area contributed by atoms with Gasteiger partial charge in [0.05, 0.1) is 0 Å². The van der Waals surface area contributed by atoms with Crippen LogP contribution in [0.2, 0.25) is 5.02 Å². The quantitative estimate of drug-likeness (QED) is 0.851. The molecule has 1 aromatic rings. The molecule has 1 atom stereocenters. The van der Waals surface area contributed by atoms with E-state index in [2.05, 4.69) is 39.1 Å². The highest BCUT2D eigenvalue weighted by Crippen LogP contribution is 2.23. The maximum absolute atomic E-state index is 6.05. The van der Waals surface area contributed by atoms with Crippen molar-refractivity contribution in [1.29, 1.82) is 0 Å². The molecule has 19 heavy (non-hydrogen) atoms. The van der Waals surface area contributed by atoms with Gasteiger partial charge in [0.15, 0.2) is 5.82 Å². The number of hydrogen-bond acceptors (Lipinski definition) is 6. The second-order valence-corrected chi connectivity index (χ2v) is 5.37. The number of nitrogens with two attached hydrogens (primary N) is 1. The standard InChI is InChI=1S/C12H21ClN6/c1-9(19-5-3-18(2)4-6-19)7-15-12-10(13)11(14)16-8-17-12/h8-9H,3-7H2,1-2H3,(H3,14,15,16,17). The normalized spacial score (nSPS) is 19.3. The summed E-state index contributed by atoms with van der Waals surface area (Å²) in [7, 11) is 2.16. The Hall–Kier alpha value is -1.11. The van der Waals surface area contributed by atoms with E-state index in [4.69, 9.17) is 17.3 Å². The summed E-state index contributed by atoms with van der Waals surface area (Å²) < 4.78 is 0. The van der Waals surface area contributed by atoms with Crippen molar-refractivity contribution in [2.75, 3.05) is 50.8 Å². The summed E-state index contributed by atoms with van der Waals surface area (Å²) in [6, 6.07) is 0.431. The molecule has 6 nitrogen and oxygen atoms in total. The predicted molar refractivity (Wildman–Crippen MR) is 78.5 cm³/mol. The lowest BCUT2D eigenvalue weighted by atomic mass is 10.2. The molecule has 0 radical (unpaired) electrons. The average molecular weight is 285 g/mol. The van der Waals surface area contributed by atoms with Crippen LogP contribution in [0.3, 0.4) is 0 Å². The second-order valence-electron chi connectivity index (χ2n) is 4.99. The summed E-state index contributed by atoms with van der Waals surface area (Å²) in [6.45, 7) is 7.42. The highest BCUT2D eigenvalue weighted by atomic mass is 35.5. The summed E-state index contributed by atoms with van der Waals surface area (Å²) in [6.07, 6.45) is 1.42. The summed E-state index contributed by atoms with van der Waals surface area (Å²) >= 11 is 6.05. The SMILES string of the molecule is CC(CNc1ncnc(N)c1Cl)N1CCN(C)CC1. The van der Waals surface area contributed by atoms with Crippen LogP contribution in [0, 0.1) is 0 Å². The minimum absolute atomic E-state index is 0.311. The smallest absolute Gasteiger partial charge is 0.150 e. The van der Waals surface area contributed by atoms with Gasteiger partial charge in [0, 0.05) is 38.8 Å². The summed E-state index contributed by atoms with van der Waals surface area (Å²) in [5, 5.41) is 3.64. The number of likely N-dealkylation sites (N-methyl/N-ethyl adjacent to an activating group) is 1. The van der Waals surface area contributed by atoms with Crippen LogP contribution >= 0.6 is 11.6 Å².